The minimum Gasteiger partial charge on any atom is -0.480 e. The molecule has 118 valence electrons. The second-order valence-electron chi connectivity index (χ2n) is 4.76. The van der Waals surface area contributed by atoms with Gasteiger partial charge in [-0.2, -0.15) is 0 Å². The molecule has 0 spiro atoms. The predicted octanol–water partition coefficient (Wildman–Crippen LogP) is 1.21. The largest absolute Gasteiger partial charge is 0.480 e. The molecule has 0 saturated heterocycles. The number of aliphatic carboxylic acids is 1. The molecule has 7 nitrogen and oxygen atoms in total. The van der Waals surface area contributed by atoms with Gasteiger partial charge in [-0.1, -0.05) is 30.3 Å². The zero-order valence-corrected chi connectivity index (χ0v) is 12.0. The van der Waals surface area contributed by atoms with Gasteiger partial charge in [0.05, 0.1) is 5.56 Å². The van der Waals surface area contributed by atoms with Crippen molar-refractivity contribution in [2.45, 2.75) is 12.5 Å². The second-order valence-corrected chi connectivity index (χ2v) is 4.76. The van der Waals surface area contributed by atoms with Crippen molar-refractivity contribution in [2.75, 3.05) is 0 Å². The Balaban J connectivity index is 2.19. The number of nitrogens with zero attached hydrogens (tertiary/aromatic N) is 1. The van der Waals surface area contributed by atoms with E-state index >= 15 is 0 Å². The number of nitrogens with one attached hydrogen (secondary N) is 1. The van der Waals surface area contributed by atoms with Crippen molar-refractivity contribution in [1.29, 1.82) is 0 Å². The first kappa shape index (κ1) is 16.2. The number of carbonyl (C=O) groups excluding carboxylic acids is 1. The molecule has 0 aliphatic heterocycles. The van der Waals surface area contributed by atoms with Crippen LogP contribution in [0.1, 0.15) is 26.4 Å². The topological polar surface area (TPSA) is 117 Å². The number of carboxylic acid groups (broad SMARTS) is 2. The van der Waals surface area contributed by atoms with Crippen LogP contribution in [-0.2, 0) is 11.2 Å². The van der Waals surface area contributed by atoms with E-state index < -0.39 is 29.6 Å². The van der Waals surface area contributed by atoms with E-state index in [0.29, 0.717) is 0 Å². The average molecular weight is 314 g/mol. The Kier molecular flexibility index (Phi) is 5.03. The second kappa shape index (κ2) is 7.17. The highest BCUT2D eigenvalue weighted by Crippen LogP contribution is 2.08. The van der Waals surface area contributed by atoms with Gasteiger partial charge in [0, 0.05) is 12.6 Å². The number of aromatic nitrogens is 1. The number of aromatic carboxylic acids is 1. The van der Waals surface area contributed by atoms with Crippen LogP contribution in [0.2, 0.25) is 0 Å². The van der Waals surface area contributed by atoms with Gasteiger partial charge in [-0.15, -0.1) is 0 Å². The summed E-state index contributed by atoms with van der Waals surface area (Å²) in [6.45, 7) is 0. The van der Waals surface area contributed by atoms with Crippen LogP contribution in [0.4, 0.5) is 0 Å². The molecule has 1 atom stereocenters. The Morgan fingerprint density at radius 3 is 2.35 bits per heavy atom. The monoisotopic (exact) mass is 314 g/mol. The number of hydrogen-bond donors (Lipinski definition) is 3. The molecule has 0 bridgehead atoms. The van der Waals surface area contributed by atoms with Crippen molar-refractivity contribution in [1.82, 2.24) is 10.3 Å². The lowest BCUT2D eigenvalue weighted by molar-refractivity contribution is -0.139. The number of carboxylic acids is 2. The first-order valence-corrected chi connectivity index (χ1v) is 6.75. The normalized spacial score (nSPS) is 11.5. The maximum absolute atomic E-state index is 12.2. The van der Waals surface area contributed by atoms with Crippen molar-refractivity contribution in [3.63, 3.8) is 0 Å². The number of amides is 1. The Hall–Kier alpha value is -3.22. The van der Waals surface area contributed by atoms with E-state index in [1.54, 1.807) is 30.3 Å². The molecule has 1 aromatic carbocycles. The van der Waals surface area contributed by atoms with Gasteiger partial charge < -0.3 is 15.5 Å². The van der Waals surface area contributed by atoms with Gasteiger partial charge >= 0.3 is 11.9 Å². The van der Waals surface area contributed by atoms with Crippen LogP contribution in [0.5, 0.6) is 0 Å². The van der Waals surface area contributed by atoms with Gasteiger partial charge in [-0.25, -0.2) is 14.6 Å². The van der Waals surface area contributed by atoms with Crippen LogP contribution in [0, 0.1) is 0 Å². The summed E-state index contributed by atoms with van der Waals surface area (Å²) >= 11 is 0. The fraction of sp³-hybridized carbons (Fsp3) is 0.125. The third-order valence-electron chi connectivity index (χ3n) is 3.14. The molecule has 1 aromatic heterocycles. The lowest BCUT2D eigenvalue weighted by atomic mass is 10.1. The zero-order chi connectivity index (χ0) is 16.8. The van der Waals surface area contributed by atoms with Crippen LogP contribution in [0.25, 0.3) is 0 Å². The Morgan fingerprint density at radius 1 is 1.04 bits per heavy atom. The summed E-state index contributed by atoms with van der Waals surface area (Å²) in [4.78, 5) is 38.2. The third kappa shape index (κ3) is 4.13. The first-order chi connectivity index (χ1) is 11.0. The number of benzene rings is 1. The van der Waals surface area contributed by atoms with Crippen LogP contribution in [0.15, 0.2) is 48.7 Å². The SMILES string of the molecule is O=C(N[C@H](Cc1ccccc1)C(=O)O)c1cccnc1C(=O)O. The van der Waals surface area contributed by atoms with E-state index in [9.17, 15) is 19.5 Å². The maximum Gasteiger partial charge on any atom is 0.355 e. The molecule has 3 N–H and O–H groups in total. The Bertz CT molecular complexity index is 730. The van der Waals surface area contributed by atoms with Crippen molar-refractivity contribution in [3.05, 3.63) is 65.5 Å². The quantitative estimate of drug-likeness (QED) is 0.738. The molecule has 0 saturated carbocycles. The first-order valence-electron chi connectivity index (χ1n) is 6.75. The van der Waals surface area contributed by atoms with Crippen molar-refractivity contribution in [2.24, 2.45) is 0 Å². The van der Waals surface area contributed by atoms with Crippen LogP contribution >= 0.6 is 0 Å². The molecule has 2 aromatic rings. The lowest BCUT2D eigenvalue weighted by Gasteiger charge is -2.15. The fourth-order valence-corrected chi connectivity index (χ4v) is 2.04. The Morgan fingerprint density at radius 2 is 1.74 bits per heavy atom. The molecule has 1 amide bonds. The van der Waals surface area contributed by atoms with Gasteiger partial charge in [0.15, 0.2) is 5.69 Å². The van der Waals surface area contributed by atoms with Gasteiger partial charge in [0.2, 0.25) is 0 Å². The zero-order valence-electron chi connectivity index (χ0n) is 12.0. The van der Waals surface area contributed by atoms with Gasteiger partial charge in [-0.3, -0.25) is 4.79 Å². The van der Waals surface area contributed by atoms with E-state index in [4.69, 9.17) is 5.11 Å². The molecule has 7 heteroatoms. The lowest BCUT2D eigenvalue weighted by Crippen LogP contribution is -2.42. The molecule has 2 rings (SSSR count). The van der Waals surface area contributed by atoms with Crippen LogP contribution in [-0.4, -0.2) is 39.1 Å². The van der Waals surface area contributed by atoms with Crippen molar-refractivity contribution >= 4 is 17.8 Å². The molecular formula is C16H14N2O5. The number of pyridine rings is 1. The summed E-state index contributed by atoms with van der Waals surface area (Å²) in [6, 6.07) is 10.3. The summed E-state index contributed by atoms with van der Waals surface area (Å²) in [5.74, 6) is -3.35. The summed E-state index contributed by atoms with van der Waals surface area (Å²) in [5.41, 5.74) is 0.137. The van der Waals surface area contributed by atoms with Gasteiger partial charge in [0.1, 0.15) is 6.04 Å². The molecule has 0 aliphatic rings. The predicted molar refractivity (Wildman–Crippen MR) is 80.2 cm³/mol. The smallest absolute Gasteiger partial charge is 0.355 e. The molecule has 0 aliphatic carbocycles. The minimum atomic E-state index is -1.36. The minimum absolute atomic E-state index is 0.0879. The van der Waals surface area contributed by atoms with Gasteiger partial charge in [0.25, 0.3) is 5.91 Å². The number of carbonyl (C=O) groups is 3. The summed E-state index contributed by atoms with van der Waals surface area (Å²) in [6.07, 6.45) is 1.34. The molecular weight excluding hydrogens is 300 g/mol. The highest BCUT2D eigenvalue weighted by Gasteiger charge is 2.24. The highest BCUT2D eigenvalue weighted by molar-refractivity contribution is 6.04. The van der Waals surface area contributed by atoms with E-state index in [1.807, 2.05) is 0 Å². The summed E-state index contributed by atoms with van der Waals surface area (Å²) < 4.78 is 0. The summed E-state index contributed by atoms with van der Waals surface area (Å²) in [5, 5.41) is 20.6. The number of rotatable bonds is 6. The molecule has 0 radical (unpaired) electrons. The molecule has 0 unspecified atom stereocenters. The van der Waals surface area contributed by atoms with E-state index in [0.717, 1.165) is 5.56 Å². The molecule has 0 fully saturated rings. The highest BCUT2D eigenvalue weighted by atomic mass is 16.4. The third-order valence-corrected chi connectivity index (χ3v) is 3.14. The van der Waals surface area contributed by atoms with Gasteiger partial charge in [-0.05, 0) is 17.7 Å². The van der Waals surface area contributed by atoms with Crippen molar-refractivity contribution in [3.8, 4) is 0 Å². The van der Waals surface area contributed by atoms with E-state index in [1.165, 1.54) is 18.3 Å². The Labute approximate surface area is 131 Å². The standard InChI is InChI=1S/C16H14N2O5/c19-14(11-7-4-8-17-13(11)16(22)23)18-12(15(20)21)9-10-5-2-1-3-6-10/h1-8,12H,9H2,(H,18,19)(H,20,21)(H,22,23)/t12-/m1/s1. The number of hydrogen-bond acceptors (Lipinski definition) is 4. The van der Waals surface area contributed by atoms with Crippen molar-refractivity contribution < 1.29 is 24.6 Å². The fourth-order valence-electron chi connectivity index (χ4n) is 2.04. The molecule has 23 heavy (non-hydrogen) atoms. The van der Waals surface area contributed by atoms with E-state index in [2.05, 4.69) is 10.3 Å². The summed E-state index contributed by atoms with van der Waals surface area (Å²) in [7, 11) is 0. The molecule has 1 heterocycles. The van der Waals surface area contributed by atoms with Crippen LogP contribution in [0.3, 0.4) is 0 Å². The maximum atomic E-state index is 12.2. The van der Waals surface area contributed by atoms with Crippen LogP contribution < -0.4 is 5.32 Å². The average Bonchev–Trinajstić information content (AvgIpc) is 2.55. The van der Waals surface area contributed by atoms with E-state index in [-0.39, 0.29) is 12.0 Å².